The fourth-order valence-electron chi connectivity index (χ4n) is 2.29. The molecule has 1 fully saturated rings. The first-order valence-electron chi connectivity index (χ1n) is 7.88. The lowest BCUT2D eigenvalue weighted by Gasteiger charge is -2.14. The Kier molecular flexibility index (Phi) is 6.12. The van der Waals surface area contributed by atoms with E-state index in [1.807, 2.05) is 0 Å². The van der Waals surface area contributed by atoms with E-state index in [-0.39, 0.29) is 10.1 Å². The van der Waals surface area contributed by atoms with Crippen LogP contribution in [0, 0.1) is 0 Å². The van der Waals surface area contributed by atoms with Crippen LogP contribution in [0.1, 0.15) is 22.2 Å². The van der Waals surface area contributed by atoms with Crippen molar-refractivity contribution in [3.05, 3.63) is 51.1 Å². The number of nitrogens with zero attached hydrogens (tertiary/aromatic N) is 1. The Morgan fingerprint density at radius 1 is 1.25 bits per heavy atom. The van der Waals surface area contributed by atoms with E-state index in [4.69, 9.17) is 21.7 Å². The average molecular weight is 435 g/mol. The van der Waals surface area contributed by atoms with Gasteiger partial charge in [0.1, 0.15) is 0 Å². The summed E-state index contributed by atoms with van der Waals surface area (Å²) >= 11 is 7.55. The normalized spacial score (nSPS) is 15.1. The summed E-state index contributed by atoms with van der Waals surface area (Å²) in [6, 6.07) is 8.29. The largest absolute Gasteiger partial charge is 0.493 e. The molecule has 3 rings (SSSR count). The predicted octanol–water partition coefficient (Wildman–Crippen LogP) is 3.23. The first-order valence-corrected chi connectivity index (χ1v) is 9.98. The fraction of sp³-hybridized carbons (Fsp3) is 0.111. The predicted molar refractivity (Wildman–Crippen MR) is 111 cm³/mol. The summed E-state index contributed by atoms with van der Waals surface area (Å²) in [5.74, 6) is -0.662. The molecular formula is C18H14N2O5S3. The number of hydrogen-bond acceptors (Lipinski definition) is 8. The summed E-state index contributed by atoms with van der Waals surface area (Å²) in [6.45, 7) is 1.29. The highest BCUT2D eigenvalue weighted by Gasteiger charge is 2.34. The van der Waals surface area contributed by atoms with Crippen molar-refractivity contribution in [3.8, 4) is 11.5 Å². The molecule has 2 heterocycles. The molecule has 0 bridgehead atoms. The molecule has 28 heavy (non-hydrogen) atoms. The number of carbonyl (C=O) groups is 3. The van der Waals surface area contributed by atoms with Crippen molar-refractivity contribution in [2.45, 2.75) is 6.92 Å². The lowest BCUT2D eigenvalue weighted by atomic mass is 10.2. The molecule has 0 aliphatic carbocycles. The molecule has 0 atom stereocenters. The average Bonchev–Trinajstić information content (AvgIpc) is 3.27. The second kappa shape index (κ2) is 8.55. The van der Waals surface area contributed by atoms with Crippen LogP contribution in [0.5, 0.6) is 11.5 Å². The second-order valence-electron chi connectivity index (χ2n) is 5.44. The molecule has 0 unspecified atom stereocenters. The van der Waals surface area contributed by atoms with Gasteiger partial charge in [0.05, 0.1) is 16.9 Å². The highest BCUT2D eigenvalue weighted by atomic mass is 32.2. The molecule has 0 radical (unpaired) electrons. The number of benzene rings is 1. The Morgan fingerprint density at radius 3 is 2.68 bits per heavy atom. The van der Waals surface area contributed by atoms with E-state index < -0.39 is 17.8 Å². The Balaban J connectivity index is 1.79. The van der Waals surface area contributed by atoms with Crippen LogP contribution in [0.4, 0.5) is 0 Å². The first kappa shape index (κ1) is 20.1. The van der Waals surface area contributed by atoms with Gasteiger partial charge in [0.2, 0.25) is 0 Å². The fourth-order valence-corrected chi connectivity index (χ4v) is 4.09. The molecule has 0 spiro atoms. The van der Waals surface area contributed by atoms with Crippen LogP contribution in [0.15, 0.2) is 40.6 Å². The Bertz CT molecular complexity index is 985. The zero-order valence-corrected chi connectivity index (χ0v) is 17.2. The molecule has 10 heteroatoms. The van der Waals surface area contributed by atoms with Crippen molar-refractivity contribution in [2.24, 2.45) is 0 Å². The number of hydrogen-bond donors (Lipinski definition) is 1. The topological polar surface area (TPSA) is 84.9 Å². The van der Waals surface area contributed by atoms with Crippen LogP contribution in [-0.2, 0) is 9.59 Å². The van der Waals surface area contributed by atoms with Gasteiger partial charge < -0.3 is 9.47 Å². The van der Waals surface area contributed by atoms with Gasteiger partial charge in [-0.25, -0.2) is 0 Å². The number of nitrogens with one attached hydrogen (secondary N) is 1. The van der Waals surface area contributed by atoms with Crippen molar-refractivity contribution in [2.75, 3.05) is 7.11 Å². The lowest BCUT2D eigenvalue weighted by molar-refractivity contribution is -0.132. The van der Waals surface area contributed by atoms with Crippen LogP contribution < -0.4 is 14.9 Å². The van der Waals surface area contributed by atoms with Crippen molar-refractivity contribution in [1.29, 1.82) is 0 Å². The van der Waals surface area contributed by atoms with E-state index in [0.717, 1.165) is 16.8 Å². The van der Waals surface area contributed by atoms with Gasteiger partial charge in [0.15, 0.2) is 15.8 Å². The third kappa shape index (κ3) is 4.41. The highest BCUT2D eigenvalue weighted by Crippen LogP contribution is 2.34. The molecule has 1 saturated heterocycles. The van der Waals surface area contributed by atoms with Crippen molar-refractivity contribution in [3.63, 3.8) is 0 Å². The van der Waals surface area contributed by atoms with E-state index in [1.165, 1.54) is 25.4 Å². The molecule has 1 aromatic heterocycles. The lowest BCUT2D eigenvalue weighted by Crippen LogP contribution is -2.44. The smallest absolute Gasteiger partial charge is 0.308 e. The SMILES string of the molecule is COc1cc(/C=C2\SC(=S)N(NC(=O)c3cccs3)C2=O)ccc1OC(C)=O. The summed E-state index contributed by atoms with van der Waals surface area (Å²) in [6.07, 6.45) is 1.62. The van der Waals surface area contributed by atoms with Crippen LogP contribution in [0.25, 0.3) is 6.08 Å². The van der Waals surface area contributed by atoms with E-state index in [0.29, 0.717) is 21.1 Å². The minimum Gasteiger partial charge on any atom is -0.493 e. The molecule has 2 amide bonds. The molecule has 1 aliphatic rings. The van der Waals surface area contributed by atoms with Gasteiger partial charge in [-0.05, 0) is 47.4 Å². The Hall–Kier alpha value is -2.69. The van der Waals surface area contributed by atoms with E-state index >= 15 is 0 Å². The van der Waals surface area contributed by atoms with E-state index in [9.17, 15) is 14.4 Å². The zero-order valence-electron chi connectivity index (χ0n) is 14.8. The van der Waals surface area contributed by atoms with Gasteiger partial charge in [-0.3, -0.25) is 19.8 Å². The quantitative estimate of drug-likeness (QED) is 0.335. The van der Waals surface area contributed by atoms with Crippen LogP contribution >= 0.6 is 35.3 Å². The zero-order chi connectivity index (χ0) is 20.3. The minimum absolute atomic E-state index is 0.227. The maximum Gasteiger partial charge on any atom is 0.308 e. The number of esters is 1. The third-order valence-corrected chi connectivity index (χ3v) is 5.66. The summed E-state index contributed by atoms with van der Waals surface area (Å²) in [5.41, 5.74) is 3.17. The molecule has 0 saturated carbocycles. The van der Waals surface area contributed by atoms with Gasteiger partial charge in [-0.2, -0.15) is 5.01 Å². The number of methoxy groups -OCH3 is 1. The van der Waals surface area contributed by atoms with E-state index in [1.54, 1.807) is 41.8 Å². The molecule has 7 nitrogen and oxygen atoms in total. The number of hydrazine groups is 1. The number of rotatable bonds is 5. The third-order valence-electron chi connectivity index (χ3n) is 3.49. The summed E-state index contributed by atoms with van der Waals surface area (Å²) in [4.78, 5) is 36.8. The molecule has 1 aliphatic heterocycles. The Labute approximate surface area is 174 Å². The van der Waals surface area contributed by atoms with Crippen LogP contribution in [0.2, 0.25) is 0 Å². The van der Waals surface area contributed by atoms with Gasteiger partial charge >= 0.3 is 5.97 Å². The standard InChI is InChI=1S/C18H14N2O5S3/c1-10(21)25-12-6-5-11(8-13(12)24-2)9-15-17(23)20(18(26)28-15)19-16(22)14-4-3-7-27-14/h3-9H,1-2H3,(H,19,22)/b15-9-. The summed E-state index contributed by atoms with van der Waals surface area (Å²) in [7, 11) is 1.45. The first-order chi connectivity index (χ1) is 13.4. The molecule has 144 valence electrons. The number of thiophene rings is 1. The van der Waals surface area contributed by atoms with Crippen molar-refractivity contribution in [1.82, 2.24) is 10.4 Å². The monoisotopic (exact) mass is 434 g/mol. The van der Waals surface area contributed by atoms with Crippen LogP contribution in [-0.4, -0.2) is 34.2 Å². The maximum atomic E-state index is 12.6. The van der Waals surface area contributed by atoms with Gasteiger partial charge in [-0.15, -0.1) is 11.3 Å². The van der Waals surface area contributed by atoms with Gasteiger partial charge in [-0.1, -0.05) is 23.9 Å². The van der Waals surface area contributed by atoms with E-state index in [2.05, 4.69) is 5.43 Å². The van der Waals surface area contributed by atoms with Crippen molar-refractivity contribution >= 4 is 63.5 Å². The number of carbonyl (C=O) groups excluding carboxylic acids is 3. The highest BCUT2D eigenvalue weighted by molar-refractivity contribution is 8.26. The number of thiocarbonyl (C=S) groups is 1. The van der Waals surface area contributed by atoms with Crippen molar-refractivity contribution < 1.29 is 23.9 Å². The summed E-state index contributed by atoms with van der Waals surface area (Å²) in [5, 5.41) is 2.82. The minimum atomic E-state index is -0.464. The molecular weight excluding hydrogens is 420 g/mol. The summed E-state index contributed by atoms with van der Waals surface area (Å²) < 4.78 is 10.5. The molecule has 1 aromatic carbocycles. The second-order valence-corrected chi connectivity index (χ2v) is 8.06. The van der Waals surface area contributed by atoms with Gasteiger partial charge in [0.25, 0.3) is 11.8 Å². The molecule has 2 aromatic rings. The maximum absolute atomic E-state index is 12.6. The number of amides is 2. The molecule has 1 N–H and O–H groups in total. The van der Waals surface area contributed by atoms with Gasteiger partial charge in [0, 0.05) is 6.92 Å². The number of ether oxygens (including phenoxy) is 2. The number of thioether (sulfide) groups is 1. The van der Waals surface area contributed by atoms with Crippen LogP contribution in [0.3, 0.4) is 0 Å². The Morgan fingerprint density at radius 2 is 2.04 bits per heavy atom.